The molecule has 0 N–H and O–H groups in total. The van der Waals surface area contributed by atoms with Crippen molar-refractivity contribution in [2.45, 2.75) is 13.3 Å². The fraction of sp³-hybridized carbons (Fsp3) is 0.700. The SMILES string of the molecule is CCN([C-]=O)C(=O)N(PC)[C](=[W])CCN(C)C. The van der Waals surface area contributed by atoms with E-state index >= 15 is 0 Å². The Hall–Kier alpha value is -0.112. The molecule has 0 aliphatic rings. The molecule has 1 unspecified atom stereocenters. The summed E-state index contributed by atoms with van der Waals surface area (Å²) in [5.41, 5.74) is 0. The van der Waals surface area contributed by atoms with E-state index in [-0.39, 0.29) is 6.03 Å². The Morgan fingerprint density at radius 2 is 2.00 bits per heavy atom. The molecule has 0 aliphatic heterocycles. The minimum absolute atomic E-state index is 0.257. The second-order valence-electron chi connectivity index (χ2n) is 3.62. The summed E-state index contributed by atoms with van der Waals surface area (Å²) in [5, 5.41) is 0. The van der Waals surface area contributed by atoms with Crippen molar-refractivity contribution in [3.05, 3.63) is 0 Å². The van der Waals surface area contributed by atoms with Crippen molar-refractivity contribution in [3.63, 3.8) is 0 Å². The number of amides is 3. The summed E-state index contributed by atoms with van der Waals surface area (Å²) in [6.45, 7) is 4.97. The van der Waals surface area contributed by atoms with Crippen LogP contribution in [0.15, 0.2) is 0 Å². The fourth-order valence-corrected chi connectivity index (χ4v) is 3.38. The van der Waals surface area contributed by atoms with E-state index in [4.69, 9.17) is 0 Å². The zero-order valence-electron chi connectivity index (χ0n) is 10.7. The molecule has 0 saturated heterocycles. The quantitative estimate of drug-likeness (QED) is 0.340. The van der Waals surface area contributed by atoms with Gasteiger partial charge in [-0.05, 0) is 0 Å². The molecule has 0 saturated carbocycles. The van der Waals surface area contributed by atoms with Gasteiger partial charge in [0.1, 0.15) is 0 Å². The molecule has 3 amide bonds. The van der Waals surface area contributed by atoms with Gasteiger partial charge in [0.25, 0.3) is 0 Å². The van der Waals surface area contributed by atoms with Crippen molar-refractivity contribution in [3.8, 4) is 0 Å². The maximum atomic E-state index is 12.0. The summed E-state index contributed by atoms with van der Waals surface area (Å²) in [7, 11) is 4.34. The van der Waals surface area contributed by atoms with Crippen molar-refractivity contribution in [2.24, 2.45) is 0 Å². The molecule has 7 heteroatoms. The second-order valence-corrected chi connectivity index (χ2v) is 6.21. The van der Waals surface area contributed by atoms with Crippen molar-refractivity contribution in [2.75, 3.05) is 33.8 Å². The van der Waals surface area contributed by atoms with Crippen molar-refractivity contribution < 1.29 is 28.9 Å². The van der Waals surface area contributed by atoms with Crippen LogP contribution in [0.4, 0.5) is 4.79 Å². The van der Waals surface area contributed by atoms with E-state index in [9.17, 15) is 9.59 Å². The summed E-state index contributed by atoms with van der Waals surface area (Å²) in [6, 6.07) is -0.257. The Morgan fingerprint density at radius 3 is 2.35 bits per heavy atom. The molecule has 0 radical (unpaired) electrons. The van der Waals surface area contributed by atoms with E-state index in [1.54, 1.807) is 18.0 Å². The first kappa shape index (κ1) is 16.9. The van der Waals surface area contributed by atoms with Gasteiger partial charge in [-0.2, -0.15) is 0 Å². The third-order valence-corrected chi connectivity index (χ3v) is 5.03. The van der Waals surface area contributed by atoms with E-state index in [1.165, 1.54) is 19.4 Å². The van der Waals surface area contributed by atoms with Crippen LogP contribution < -0.4 is 0 Å². The molecule has 0 bridgehead atoms. The Balaban J connectivity index is 4.54. The summed E-state index contributed by atoms with van der Waals surface area (Å²) < 4.78 is 2.76. The summed E-state index contributed by atoms with van der Waals surface area (Å²) >= 11 is 1.27. The van der Waals surface area contributed by atoms with E-state index < -0.39 is 0 Å². The predicted octanol–water partition coefficient (Wildman–Crippen LogP) is 0.649. The molecule has 0 rings (SSSR count). The Labute approximate surface area is 116 Å². The first-order chi connectivity index (χ1) is 7.97. The summed E-state index contributed by atoms with van der Waals surface area (Å²) in [5.74, 6) is 0. The van der Waals surface area contributed by atoms with Gasteiger partial charge in [0.2, 0.25) is 0 Å². The Morgan fingerprint density at radius 1 is 1.41 bits per heavy atom. The van der Waals surface area contributed by atoms with Gasteiger partial charge in [-0.25, -0.2) is 0 Å². The standard InChI is InChI=1S/C10H19N3O2P.W/c1-5-12(9-14)10(15)13(16-4)8-6-7-11(2)3;/h16H,5-7H2,1-4H3;/q-1;. The van der Waals surface area contributed by atoms with Gasteiger partial charge in [-0.3, -0.25) is 0 Å². The monoisotopic (exact) mass is 428 g/mol. The van der Waals surface area contributed by atoms with Crippen LogP contribution >= 0.6 is 8.73 Å². The molecule has 0 spiro atoms. The van der Waals surface area contributed by atoms with Crippen LogP contribution in [0.2, 0.25) is 0 Å². The number of carbonyl (C=O) groups is 1. The van der Waals surface area contributed by atoms with Crippen molar-refractivity contribution >= 4 is 25.2 Å². The second kappa shape index (κ2) is 8.90. The number of rotatable bonds is 7. The number of urea groups is 1. The summed E-state index contributed by atoms with van der Waals surface area (Å²) in [6.07, 6.45) is 2.52. The van der Waals surface area contributed by atoms with Gasteiger partial charge < -0.3 is 0 Å². The summed E-state index contributed by atoms with van der Waals surface area (Å²) in [4.78, 5) is 25.8. The van der Waals surface area contributed by atoms with E-state index in [0.717, 1.165) is 21.9 Å². The molecule has 0 fully saturated rings. The third-order valence-electron chi connectivity index (χ3n) is 2.09. The molecule has 5 nitrogen and oxygen atoms in total. The molecule has 0 heterocycles. The first-order valence-electron chi connectivity index (χ1n) is 5.32. The zero-order chi connectivity index (χ0) is 13.4. The zero-order valence-corrected chi connectivity index (χ0v) is 14.6. The normalized spacial score (nSPS) is 10.9. The van der Waals surface area contributed by atoms with Crippen molar-refractivity contribution in [1.82, 2.24) is 14.5 Å². The third kappa shape index (κ3) is 5.85. The van der Waals surface area contributed by atoms with Gasteiger partial charge in [-0.1, -0.05) is 0 Å². The number of nitrogens with zero attached hydrogens (tertiary/aromatic N) is 3. The van der Waals surface area contributed by atoms with E-state index in [2.05, 4.69) is 4.90 Å². The van der Waals surface area contributed by atoms with Crippen LogP contribution in [0.3, 0.4) is 0 Å². The Bertz CT molecular complexity index is 287. The van der Waals surface area contributed by atoms with Crippen molar-refractivity contribution in [1.29, 1.82) is 0 Å². The predicted molar refractivity (Wildman–Crippen MR) is 67.7 cm³/mol. The fourth-order valence-electron chi connectivity index (χ4n) is 1.12. The first-order valence-corrected chi connectivity index (χ1v) is 8.23. The van der Waals surface area contributed by atoms with Crippen LogP contribution in [0.1, 0.15) is 13.3 Å². The molecular weight excluding hydrogens is 409 g/mol. The van der Waals surface area contributed by atoms with Gasteiger partial charge in [0.05, 0.1) is 0 Å². The van der Waals surface area contributed by atoms with E-state index in [0.29, 0.717) is 15.3 Å². The van der Waals surface area contributed by atoms with Crippen LogP contribution in [-0.4, -0.2) is 64.8 Å². The molecule has 1 atom stereocenters. The van der Waals surface area contributed by atoms with Crippen LogP contribution in [0.5, 0.6) is 0 Å². The number of hydrogen-bond acceptors (Lipinski definition) is 3. The minimum atomic E-state index is -0.257. The maximum absolute atomic E-state index is 12.0. The number of imide groups is 1. The number of hydrogen-bond donors (Lipinski definition) is 0. The number of carbonyl (C=O) groups excluding carboxylic acids is 2. The topological polar surface area (TPSA) is 43.9 Å². The molecule has 0 aliphatic carbocycles. The van der Waals surface area contributed by atoms with Gasteiger partial charge >= 0.3 is 116 Å². The van der Waals surface area contributed by atoms with Gasteiger partial charge in [-0.15, -0.1) is 0 Å². The van der Waals surface area contributed by atoms with Crippen LogP contribution in [0.25, 0.3) is 0 Å². The average molecular weight is 428 g/mol. The molecule has 0 aromatic heterocycles. The van der Waals surface area contributed by atoms with E-state index in [1.807, 2.05) is 20.8 Å². The van der Waals surface area contributed by atoms with Crippen LogP contribution in [-0.2, 0) is 24.1 Å². The Kier molecular flexibility index (Phi) is 8.85. The van der Waals surface area contributed by atoms with Crippen LogP contribution in [0, 0.1) is 0 Å². The molecule has 98 valence electrons. The molecule has 0 aromatic rings. The molecular formula is C10H19N3O2PW-. The van der Waals surface area contributed by atoms with Gasteiger partial charge in [0.15, 0.2) is 0 Å². The molecule has 0 aromatic carbocycles. The molecule has 17 heavy (non-hydrogen) atoms. The average Bonchev–Trinajstić information content (AvgIpc) is 2.29. The van der Waals surface area contributed by atoms with Gasteiger partial charge in [0, 0.05) is 0 Å².